The van der Waals surface area contributed by atoms with Crippen LogP contribution in [-0.4, -0.2) is 24.5 Å². The van der Waals surface area contributed by atoms with Crippen LogP contribution in [-0.2, 0) is 12.8 Å². The van der Waals surface area contributed by atoms with Gasteiger partial charge in [0.2, 0.25) is 0 Å². The van der Waals surface area contributed by atoms with Crippen molar-refractivity contribution in [1.82, 2.24) is 4.98 Å². The molecule has 1 heterocycles. The van der Waals surface area contributed by atoms with Gasteiger partial charge in [-0.05, 0) is 43.9 Å². The monoisotopic (exact) mass is 328 g/mol. The van der Waals surface area contributed by atoms with Crippen molar-refractivity contribution in [2.75, 3.05) is 18.6 Å². The molecule has 0 saturated heterocycles. The average molecular weight is 328 g/mol. The Morgan fingerprint density at radius 3 is 3.00 bits per heavy atom. The van der Waals surface area contributed by atoms with Crippen molar-refractivity contribution >= 4 is 22.4 Å². The van der Waals surface area contributed by atoms with E-state index in [4.69, 9.17) is 9.72 Å². The minimum Gasteiger partial charge on any atom is -0.497 e. The molecule has 5 heteroatoms. The van der Waals surface area contributed by atoms with Gasteiger partial charge in [-0.1, -0.05) is 12.1 Å². The van der Waals surface area contributed by atoms with E-state index in [0.29, 0.717) is 17.9 Å². The molecule has 120 valence electrons. The second-order valence-corrected chi connectivity index (χ2v) is 6.57. The van der Waals surface area contributed by atoms with E-state index in [1.807, 2.05) is 12.1 Å². The Balaban J connectivity index is 1.92. The fraction of sp³-hybridized carbons (Fsp3) is 0.333. The molecule has 0 unspecified atom stereocenters. The van der Waals surface area contributed by atoms with E-state index < -0.39 is 0 Å². The average Bonchev–Trinajstić information content (AvgIpc) is 3.02. The van der Waals surface area contributed by atoms with Crippen LogP contribution >= 0.6 is 11.3 Å². The van der Waals surface area contributed by atoms with Gasteiger partial charge in [-0.25, -0.2) is 4.98 Å². The molecule has 2 aromatic rings. The summed E-state index contributed by atoms with van der Waals surface area (Å²) in [6, 6.07) is 7.21. The highest BCUT2D eigenvalue weighted by Gasteiger charge is 2.23. The van der Waals surface area contributed by atoms with Crippen molar-refractivity contribution in [3.63, 3.8) is 0 Å². The quantitative estimate of drug-likeness (QED) is 0.783. The fourth-order valence-corrected chi connectivity index (χ4v) is 3.90. The summed E-state index contributed by atoms with van der Waals surface area (Å²) in [7, 11) is 1.60. The number of carbonyl (C=O) groups is 1. The van der Waals surface area contributed by atoms with Crippen LogP contribution in [0.4, 0.5) is 5.13 Å². The minimum atomic E-state index is -0.0742. The maximum absolute atomic E-state index is 12.9. The van der Waals surface area contributed by atoms with Gasteiger partial charge in [-0.15, -0.1) is 17.9 Å². The molecule has 0 spiro atoms. The molecule has 1 aromatic carbocycles. The van der Waals surface area contributed by atoms with Crippen LogP contribution in [0, 0.1) is 0 Å². The number of hydrogen-bond donors (Lipinski definition) is 0. The number of benzene rings is 1. The number of methoxy groups -OCH3 is 1. The predicted octanol–water partition coefficient (Wildman–Crippen LogP) is 3.86. The van der Waals surface area contributed by atoms with Gasteiger partial charge in [0.05, 0.1) is 12.8 Å². The Kier molecular flexibility index (Phi) is 4.76. The maximum Gasteiger partial charge on any atom is 0.260 e. The van der Waals surface area contributed by atoms with Gasteiger partial charge < -0.3 is 4.74 Å². The molecule has 4 nitrogen and oxygen atoms in total. The van der Waals surface area contributed by atoms with E-state index in [9.17, 15) is 4.79 Å². The Morgan fingerprint density at radius 1 is 1.43 bits per heavy atom. The number of aromatic nitrogens is 1. The lowest BCUT2D eigenvalue weighted by atomic mass is 10.0. The molecule has 0 bridgehead atoms. The van der Waals surface area contributed by atoms with Gasteiger partial charge in [0.25, 0.3) is 5.91 Å². The number of ether oxygens (including phenoxy) is 1. The molecule has 0 atom stereocenters. The lowest BCUT2D eigenvalue weighted by Gasteiger charge is -2.18. The van der Waals surface area contributed by atoms with Crippen molar-refractivity contribution in [3.8, 4) is 5.75 Å². The number of thiazole rings is 1. The fourth-order valence-electron chi connectivity index (χ4n) is 2.74. The highest BCUT2D eigenvalue weighted by molar-refractivity contribution is 7.16. The van der Waals surface area contributed by atoms with Crippen molar-refractivity contribution in [1.29, 1.82) is 0 Å². The zero-order valence-electron chi connectivity index (χ0n) is 13.2. The van der Waals surface area contributed by atoms with E-state index in [0.717, 1.165) is 23.7 Å². The second kappa shape index (κ2) is 6.96. The normalized spacial score (nSPS) is 13.3. The van der Waals surface area contributed by atoms with Crippen LogP contribution in [0.3, 0.4) is 0 Å². The highest BCUT2D eigenvalue weighted by Crippen LogP contribution is 2.32. The van der Waals surface area contributed by atoms with Crippen LogP contribution in [0.5, 0.6) is 5.75 Å². The minimum absolute atomic E-state index is 0.0742. The number of hydrogen-bond acceptors (Lipinski definition) is 4. The highest BCUT2D eigenvalue weighted by atomic mass is 32.1. The van der Waals surface area contributed by atoms with Crippen LogP contribution in [0.2, 0.25) is 0 Å². The molecule has 1 aliphatic carbocycles. The molecule has 0 radical (unpaired) electrons. The first-order valence-electron chi connectivity index (χ1n) is 7.78. The van der Waals surface area contributed by atoms with E-state index in [-0.39, 0.29) is 5.91 Å². The summed E-state index contributed by atoms with van der Waals surface area (Å²) in [5.41, 5.74) is 1.75. The predicted molar refractivity (Wildman–Crippen MR) is 93.6 cm³/mol. The Morgan fingerprint density at radius 2 is 2.26 bits per heavy atom. The third-order valence-electron chi connectivity index (χ3n) is 3.94. The standard InChI is InChI=1S/C18H20N2O2S/c1-3-11-20(17(21)13-7-6-8-14(12-13)22-2)18-19-15-9-4-5-10-16(15)23-18/h3,6-8,12H,1,4-5,9-11H2,2H3. The number of carbonyl (C=O) groups excluding carboxylic acids is 1. The molecule has 1 amide bonds. The van der Waals surface area contributed by atoms with Crippen LogP contribution < -0.4 is 9.64 Å². The van der Waals surface area contributed by atoms with Gasteiger partial charge in [-0.3, -0.25) is 9.69 Å². The summed E-state index contributed by atoms with van der Waals surface area (Å²) in [5, 5.41) is 0.768. The summed E-state index contributed by atoms with van der Waals surface area (Å²) >= 11 is 1.63. The van der Waals surface area contributed by atoms with E-state index in [1.165, 1.54) is 17.7 Å². The molecule has 1 aromatic heterocycles. The van der Waals surface area contributed by atoms with Gasteiger partial charge in [0.1, 0.15) is 5.75 Å². The second-order valence-electron chi connectivity index (χ2n) is 5.51. The third kappa shape index (κ3) is 3.29. The molecule has 23 heavy (non-hydrogen) atoms. The molecule has 1 aliphatic rings. The summed E-state index contributed by atoms with van der Waals surface area (Å²) in [4.78, 5) is 20.6. The smallest absolute Gasteiger partial charge is 0.260 e. The van der Waals surface area contributed by atoms with Crippen LogP contribution in [0.1, 0.15) is 33.8 Å². The molecule has 0 N–H and O–H groups in total. The van der Waals surface area contributed by atoms with Gasteiger partial charge in [0, 0.05) is 17.0 Å². The Labute approximate surface area is 140 Å². The lowest BCUT2D eigenvalue weighted by molar-refractivity contribution is 0.0989. The maximum atomic E-state index is 12.9. The zero-order chi connectivity index (χ0) is 16.2. The van der Waals surface area contributed by atoms with Crippen molar-refractivity contribution in [3.05, 3.63) is 53.1 Å². The molecular weight excluding hydrogens is 308 g/mol. The van der Waals surface area contributed by atoms with E-state index in [2.05, 4.69) is 6.58 Å². The summed E-state index contributed by atoms with van der Waals surface area (Å²) in [5.74, 6) is 0.600. The van der Waals surface area contributed by atoms with E-state index >= 15 is 0 Å². The number of aryl methyl sites for hydroxylation is 2. The van der Waals surface area contributed by atoms with Crippen LogP contribution in [0.15, 0.2) is 36.9 Å². The molecule has 0 aliphatic heterocycles. The summed E-state index contributed by atoms with van der Waals surface area (Å²) in [6.45, 7) is 4.22. The van der Waals surface area contributed by atoms with Gasteiger partial charge in [0.15, 0.2) is 5.13 Å². The van der Waals surface area contributed by atoms with Crippen molar-refractivity contribution < 1.29 is 9.53 Å². The molecule has 0 saturated carbocycles. The van der Waals surface area contributed by atoms with Gasteiger partial charge >= 0.3 is 0 Å². The number of amides is 1. The lowest BCUT2D eigenvalue weighted by Crippen LogP contribution is -2.31. The molecular formula is C18H20N2O2S. The van der Waals surface area contributed by atoms with Gasteiger partial charge in [-0.2, -0.15) is 0 Å². The Bertz CT molecular complexity index is 700. The first-order chi connectivity index (χ1) is 11.2. The number of anilines is 1. The molecule has 0 fully saturated rings. The largest absolute Gasteiger partial charge is 0.497 e. The topological polar surface area (TPSA) is 42.4 Å². The Hall–Kier alpha value is -2.14. The SMILES string of the molecule is C=CCN(C(=O)c1cccc(OC)c1)c1nc2c(s1)CCCC2. The number of rotatable bonds is 5. The number of nitrogens with zero attached hydrogens (tertiary/aromatic N) is 2. The first kappa shape index (κ1) is 15.7. The van der Waals surface area contributed by atoms with Crippen LogP contribution in [0.25, 0.3) is 0 Å². The zero-order valence-corrected chi connectivity index (χ0v) is 14.1. The summed E-state index contributed by atoms with van der Waals surface area (Å²) in [6.07, 6.45) is 6.21. The molecule has 3 rings (SSSR count). The third-order valence-corrected chi connectivity index (χ3v) is 5.12. The van der Waals surface area contributed by atoms with Crippen molar-refractivity contribution in [2.45, 2.75) is 25.7 Å². The number of fused-ring (bicyclic) bond motifs is 1. The van der Waals surface area contributed by atoms with E-state index in [1.54, 1.807) is 41.6 Å². The van der Waals surface area contributed by atoms with Crippen molar-refractivity contribution in [2.24, 2.45) is 0 Å². The first-order valence-corrected chi connectivity index (χ1v) is 8.60. The summed E-state index contributed by atoms with van der Waals surface area (Å²) < 4.78 is 5.21.